The van der Waals surface area contributed by atoms with E-state index in [0.717, 1.165) is 17.3 Å². The Balaban J connectivity index is 2.07. The molecule has 1 heterocycles. The van der Waals surface area contributed by atoms with Gasteiger partial charge in [0.05, 0.1) is 10.2 Å². The van der Waals surface area contributed by atoms with Crippen LogP contribution in [0.3, 0.4) is 0 Å². The number of nitrogens with one attached hydrogen (secondary N) is 1. The number of thioether (sulfide) groups is 1. The van der Waals surface area contributed by atoms with Crippen LogP contribution < -0.4 is 5.32 Å². The fourth-order valence-electron chi connectivity index (χ4n) is 1.50. The molecule has 0 spiro atoms. The fraction of sp³-hybridized carbons (Fsp3) is 0.200. The van der Waals surface area contributed by atoms with Gasteiger partial charge in [0.2, 0.25) is 5.91 Å². The SMILES string of the molecule is O=C1NC(=O)C(Cc2ccc([N+](=O)[O-])cc2)S1. The number of rotatable bonds is 3. The van der Waals surface area contributed by atoms with Crippen LogP contribution in [0.2, 0.25) is 0 Å². The second-order valence-electron chi connectivity index (χ2n) is 3.51. The first kappa shape index (κ1) is 11.6. The number of nitrogens with zero attached hydrogens (tertiary/aromatic N) is 1. The molecule has 0 radical (unpaired) electrons. The molecule has 0 aliphatic carbocycles. The highest BCUT2D eigenvalue weighted by Gasteiger charge is 2.31. The van der Waals surface area contributed by atoms with Gasteiger partial charge >= 0.3 is 0 Å². The summed E-state index contributed by atoms with van der Waals surface area (Å²) in [4.78, 5) is 32.2. The van der Waals surface area contributed by atoms with Crippen LogP contribution in [0.15, 0.2) is 24.3 Å². The van der Waals surface area contributed by atoms with Crippen LogP contribution in [-0.2, 0) is 11.2 Å². The molecule has 1 fully saturated rings. The number of carbonyl (C=O) groups is 2. The Morgan fingerprint density at radius 3 is 2.41 bits per heavy atom. The molecule has 1 unspecified atom stereocenters. The van der Waals surface area contributed by atoms with E-state index in [0.29, 0.717) is 6.42 Å². The van der Waals surface area contributed by atoms with Crippen molar-refractivity contribution in [2.45, 2.75) is 11.7 Å². The van der Waals surface area contributed by atoms with Gasteiger partial charge < -0.3 is 0 Å². The van der Waals surface area contributed by atoms with Gasteiger partial charge in [0, 0.05) is 12.1 Å². The van der Waals surface area contributed by atoms with Crippen molar-refractivity contribution in [2.75, 3.05) is 0 Å². The van der Waals surface area contributed by atoms with Gasteiger partial charge in [0.25, 0.3) is 10.9 Å². The van der Waals surface area contributed by atoms with Crippen LogP contribution in [0.25, 0.3) is 0 Å². The molecule has 0 saturated carbocycles. The second-order valence-corrected chi connectivity index (χ2v) is 4.69. The highest BCUT2D eigenvalue weighted by Crippen LogP contribution is 2.23. The molecular formula is C10H8N2O4S. The van der Waals surface area contributed by atoms with Gasteiger partial charge in [0.1, 0.15) is 0 Å². The molecule has 6 nitrogen and oxygen atoms in total. The number of amides is 2. The normalized spacial score (nSPS) is 19.2. The first-order chi connectivity index (χ1) is 8.06. The van der Waals surface area contributed by atoms with Gasteiger partial charge in [0.15, 0.2) is 0 Å². The predicted octanol–water partition coefficient (Wildman–Crippen LogP) is 1.49. The van der Waals surface area contributed by atoms with Crippen molar-refractivity contribution in [1.82, 2.24) is 5.32 Å². The fourth-order valence-corrected chi connectivity index (χ4v) is 2.36. The van der Waals surface area contributed by atoms with Crippen LogP contribution in [0.1, 0.15) is 5.56 Å². The molecule has 2 rings (SSSR count). The molecule has 1 atom stereocenters. The summed E-state index contributed by atoms with van der Waals surface area (Å²) in [6, 6.07) is 5.95. The first-order valence-electron chi connectivity index (χ1n) is 4.81. The summed E-state index contributed by atoms with van der Waals surface area (Å²) in [5, 5.41) is 11.9. The highest BCUT2D eigenvalue weighted by molar-refractivity contribution is 8.15. The average molecular weight is 252 g/mol. The molecule has 1 N–H and O–H groups in total. The third-order valence-electron chi connectivity index (χ3n) is 2.34. The van der Waals surface area contributed by atoms with E-state index in [2.05, 4.69) is 5.32 Å². The summed E-state index contributed by atoms with van der Waals surface area (Å²) in [6.07, 6.45) is 0.389. The van der Waals surface area contributed by atoms with Crippen molar-refractivity contribution in [1.29, 1.82) is 0 Å². The maximum Gasteiger partial charge on any atom is 0.286 e. The number of benzene rings is 1. The van der Waals surface area contributed by atoms with Gasteiger partial charge in [-0.25, -0.2) is 0 Å². The van der Waals surface area contributed by atoms with E-state index in [1.54, 1.807) is 12.1 Å². The first-order valence-corrected chi connectivity index (χ1v) is 5.69. The van der Waals surface area contributed by atoms with E-state index in [-0.39, 0.29) is 16.8 Å². The quantitative estimate of drug-likeness (QED) is 0.650. The maximum absolute atomic E-state index is 11.3. The van der Waals surface area contributed by atoms with Crippen molar-refractivity contribution < 1.29 is 14.5 Å². The number of carbonyl (C=O) groups excluding carboxylic acids is 2. The Morgan fingerprint density at radius 2 is 1.94 bits per heavy atom. The Bertz CT molecular complexity index is 486. The molecule has 1 aromatic rings. The molecule has 0 aromatic heterocycles. The lowest BCUT2D eigenvalue weighted by Crippen LogP contribution is -2.25. The molecule has 1 aliphatic heterocycles. The van der Waals surface area contributed by atoms with Crippen LogP contribution in [-0.4, -0.2) is 21.3 Å². The zero-order valence-electron chi connectivity index (χ0n) is 8.58. The topological polar surface area (TPSA) is 89.3 Å². The van der Waals surface area contributed by atoms with E-state index in [9.17, 15) is 19.7 Å². The van der Waals surface area contributed by atoms with Gasteiger partial charge in [-0.05, 0) is 12.0 Å². The van der Waals surface area contributed by atoms with Crippen LogP contribution >= 0.6 is 11.8 Å². The summed E-state index contributed by atoms with van der Waals surface area (Å²) >= 11 is 0.946. The number of nitro benzene ring substituents is 1. The number of hydrogen-bond acceptors (Lipinski definition) is 5. The molecule has 1 aromatic carbocycles. The van der Waals surface area contributed by atoms with Crippen molar-refractivity contribution >= 4 is 28.6 Å². The Labute approximate surface area is 101 Å². The molecule has 7 heteroatoms. The zero-order chi connectivity index (χ0) is 12.4. The lowest BCUT2D eigenvalue weighted by molar-refractivity contribution is -0.384. The van der Waals surface area contributed by atoms with E-state index in [1.807, 2.05) is 0 Å². The molecular weight excluding hydrogens is 244 g/mol. The largest absolute Gasteiger partial charge is 0.286 e. The van der Waals surface area contributed by atoms with E-state index in [4.69, 9.17) is 0 Å². The van der Waals surface area contributed by atoms with Gasteiger partial charge in [-0.2, -0.15) is 0 Å². The van der Waals surface area contributed by atoms with Crippen molar-refractivity contribution in [3.05, 3.63) is 39.9 Å². The minimum absolute atomic E-state index is 0.00773. The highest BCUT2D eigenvalue weighted by atomic mass is 32.2. The van der Waals surface area contributed by atoms with E-state index in [1.165, 1.54) is 12.1 Å². The van der Waals surface area contributed by atoms with Crippen LogP contribution in [0.4, 0.5) is 10.5 Å². The van der Waals surface area contributed by atoms with Gasteiger partial charge in [-0.15, -0.1) is 0 Å². The number of imide groups is 1. The minimum Gasteiger partial charge on any atom is -0.286 e. The number of nitro groups is 1. The smallest absolute Gasteiger partial charge is 0.286 e. The summed E-state index contributed by atoms with van der Waals surface area (Å²) < 4.78 is 0. The van der Waals surface area contributed by atoms with Gasteiger partial charge in [-0.1, -0.05) is 23.9 Å². The molecule has 0 bridgehead atoms. The standard InChI is InChI=1S/C10H8N2O4S/c13-9-8(17-10(14)11-9)5-6-1-3-7(4-2-6)12(15)16/h1-4,8H,5H2,(H,11,13,14). The van der Waals surface area contributed by atoms with Crippen LogP contribution in [0, 0.1) is 10.1 Å². The summed E-state index contributed by atoms with van der Waals surface area (Å²) in [5.74, 6) is -0.307. The third kappa shape index (κ3) is 2.62. The maximum atomic E-state index is 11.3. The van der Waals surface area contributed by atoms with Gasteiger partial charge in [-0.3, -0.25) is 25.0 Å². The second kappa shape index (κ2) is 4.54. The van der Waals surface area contributed by atoms with E-state index < -0.39 is 10.2 Å². The summed E-state index contributed by atoms with van der Waals surface area (Å²) in [5.41, 5.74) is 0.798. The average Bonchev–Trinajstić information content (AvgIpc) is 2.58. The molecule has 1 aliphatic rings. The van der Waals surface area contributed by atoms with Crippen molar-refractivity contribution in [3.63, 3.8) is 0 Å². The van der Waals surface area contributed by atoms with Crippen molar-refractivity contribution in [2.24, 2.45) is 0 Å². The van der Waals surface area contributed by atoms with E-state index >= 15 is 0 Å². The molecule has 2 amide bonds. The lowest BCUT2D eigenvalue weighted by Gasteiger charge is -2.04. The molecule has 17 heavy (non-hydrogen) atoms. The monoisotopic (exact) mass is 252 g/mol. The lowest BCUT2D eigenvalue weighted by atomic mass is 10.1. The zero-order valence-corrected chi connectivity index (χ0v) is 9.40. The Hall–Kier alpha value is -1.89. The van der Waals surface area contributed by atoms with Crippen LogP contribution in [0.5, 0.6) is 0 Å². The molecule has 88 valence electrons. The third-order valence-corrected chi connectivity index (χ3v) is 3.32. The summed E-state index contributed by atoms with van der Waals surface area (Å²) in [6.45, 7) is 0. The number of non-ortho nitro benzene ring substituents is 1. The Kier molecular flexibility index (Phi) is 3.10. The number of hydrogen-bond donors (Lipinski definition) is 1. The predicted molar refractivity (Wildman–Crippen MR) is 61.7 cm³/mol. The molecule has 1 saturated heterocycles. The Morgan fingerprint density at radius 1 is 1.29 bits per heavy atom. The summed E-state index contributed by atoms with van der Waals surface area (Å²) in [7, 11) is 0. The van der Waals surface area contributed by atoms with Crippen molar-refractivity contribution in [3.8, 4) is 0 Å². The minimum atomic E-state index is -0.482.